The summed E-state index contributed by atoms with van der Waals surface area (Å²) >= 11 is 0. The lowest BCUT2D eigenvalue weighted by atomic mass is 10.0. The Hall–Kier alpha value is -0.410. The van der Waals surface area contributed by atoms with Crippen LogP contribution in [0, 0.1) is 5.92 Å². The van der Waals surface area contributed by atoms with E-state index in [2.05, 4.69) is 0 Å². The number of ether oxygens (including phenoxy) is 2. The van der Waals surface area contributed by atoms with Crippen molar-refractivity contribution in [2.45, 2.75) is 33.0 Å². The van der Waals surface area contributed by atoms with E-state index in [-0.39, 0.29) is 18.0 Å². The summed E-state index contributed by atoms with van der Waals surface area (Å²) < 4.78 is 10.4. The van der Waals surface area contributed by atoms with E-state index in [0.717, 1.165) is 6.42 Å². The molecule has 3 nitrogen and oxygen atoms in total. The molecule has 0 amide bonds. The summed E-state index contributed by atoms with van der Waals surface area (Å²) in [5, 5.41) is 0. The molecular formula is C9H16O3. The normalized spacial score (nSPS) is 21.2. The standard InChI is InChI=1S/C9H16O3/c1-3-7(2)8(10)6-9-11-4-5-12-9/h7,9H,3-6H2,1-2H3/t7-/m1/s1. The first kappa shape index (κ1) is 9.68. The maximum atomic E-state index is 11.4. The van der Waals surface area contributed by atoms with E-state index >= 15 is 0 Å². The molecule has 0 aliphatic carbocycles. The SMILES string of the molecule is CC[C@@H](C)C(=O)CC1OCCO1. The molecule has 0 unspecified atom stereocenters. The highest BCUT2D eigenvalue weighted by molar-refractivity contribution is 5.80. The molecule has 1 fully saturated rings. The molecule has 1 saturated heterocycles. The minimum absolute atomic E-state index is 0.137. The molecule has 1 aliphatic rings. The number of Topliss-reactive ketones (excluding diaryl/α,β-unsaturated/α-hetero) is 1. The fraction of sp³-hybridized carbons (Fsp3) is 0.889. The van der Waals surface area contributed by atoms with Gasteiger partial charge in [0.1, 0.15) is 5.78 Å². The van der Waals surface area contributed by atoms with E-state index in [1.807, 2.05) is 13.8 Å². The van der Waals surface area contributed by atoms with E-state index in [1.165, 1.54) is 0 Å². The molecule has 1 heterocycles. The maximum Gasteiger partial charge on any atom is 0.164 e. The van der Waals surface area contributed by atoms with Crippen molar-refractivity contribution in [2.75, 3.05) is 13.2 Å². The van der Waals surface area contributed by atoms with Gasteiger partial charge in [-0.1, -0.05) is 13.8 Å². The molecule has 0 spiro atoms. The third kappa shape index (κ3) is 2.57. The van der Waals surface area contributed by atoms with Crippen molar-refractivity contribution < 1.29 is 14.3 Å². The topological polar surface area (TPSA) is 35.5 Å². The lowest BCUT2D eigenvalue weighted by Gasteiger charge is -2.11. The Labute approximate surface area is 73.0 Å². The van der Waals surface area contributed by atoms with Gasteiger partial charge < -0.3 is 9.47 Å². The average molecular weight is 172 g/mol. The van der Waals surface area contributed by atoms with Crippen LogP contribution >= 0.6 is 0 Å². The van der Waals surface area contributed by atoms with Crippen molar-refractivity contribution in [3.05, 3.63) is 0 Å². The van der Waals surface area contributed by atoms with Crippen LogP contribution in [0.4, 0.5) is 0 Å². The summed E-state index contributed by atoms with van der Waals surface area (Å²) in [6, 6.07) is 0. The number of rotatable bonds is 4. The van der Waals surface area contributed by atoms with E-state index in [4.69, 9.17) is 9.47 Å². The molecule has 0 radical (unpaired) electrons. The Balaban J connectivity index is 2.25. The van der Waals surface area contributed by atoms with Crippen LogP contribution in [0.3, 0.4) is 0 Å². The highest BCUT2D eigenvalue weighted by atomic mass is 16.7. The van der Waals surface area contributed by atoms with Crippen LogP contribution < -0.4 is 0 Å². The van der Waals surface area contributed by atoms with Crippen molar-refractivity contribution >= 4 is 5.78 Å². The van der Waals surface area contributed by atoms with Crippen LogP contribution in [0.1, 0.15) is 26.7 Å². The minimum atomic E-state index is -0.272. The smallest absolute Gasteiger partial charge is 0.164 e. The average Bonchev–Trinajstić information content (AvgIpc) is 2.55. The molecule has 0 aromatic rings. The van der Waals surface area contributed by atoms with Crippen molar-refractivity contribution in [2.24, 2.45) is 5.92 Å². The summed E-state index contributed by atoms with van der Waals surface area (Å²) in [5.74, 6) is 0.377. The van der Waals surface area contributed by atoms with Crippen LogP contribution in [-0.2, 0) is 14.3 Å². The van der Waals surface area contributed by atoms with Gasteiger partial charge in [-0.2, -0.15) is 0 Å². The molecule has 0 aromatic carbocycles. The third-order valence-electron chi connectivity index (χ3n) is 2.22. The van der Waals surface area contributed by atoms with Crippen molar-refractivity contribution in [1.82, 2.24) is 0 Å². The van der Waals surface area contributed by atoms with Crippen LogP contribution in [0.15, 0.2) is 0 Å². The number of hydrogen-bond acceptors (Lipinski definition) is 3. The summed E-state index contributed by atoms with van der Waals surface area (Å²) in [6.45, 7) is 5.20. The Morgan fingerprint density at radius 1 is 1.50 bits per heavy atom. The Morgan fingerprint density at radius 3 is 2.58 bits per heavy atom. The van der Waals surface area contributed by atoms with Crippen molar-refractivity contribution in [1.29, 1.82) is 0 Å². The zero-order valence-electron chi connectivity index (χ0n) is 7.71. The fourth-order valence-electron chi connectivity index (χ4n) is 1.12. The Morgan fingerprint density at radius 2 is 2.08 bits per heavy atom. The Kier molecular flexibility index (Phi) is 3.69. The summed E-state index contributed by atoms with van der Waals surface area (Å²) in [5.41, 5.74) is 0. The monoisotopic (exact) mass is 172 g/mol. The summed E-state index contributed by atoms with van der Waals surface area (Å²) in [7, 11) is 0. The molecule has 3 heteroatoms. The highest BCUT2D eigenvalue weighted by Crippen LogP contribution is 2.13. The van der Waals surface area contributed by atoms with Gasteiger partial charge >= 0.3 is 0 Å². The molecule has 1 atom stereocenters. The van der Waals surface area contributed by atoms with Gasteiger partial charge in [-0.25, -0.2) is 0 Å². The lowest BCUT2D eigenvalue weighted by Crippen LogP contribution is -2.19. The van der Waals surface area contributed by atoms with Gasteiger partial charge in [-0.05, 0) is 6.42 Å². The second kappa shape index (κ2) is 4.58. The molecule has 0 bridgehead atoms. The van der Waals surface area contributed by atoms with Crippen LogP contribution in [0.25, 0.3) is 0 Å². The largest absolute Gasteiger partial charge is 0.350 e. The summed E-state index contributed by atoms with van der Waals surface area (Å²) in [4.78, 5) is 11.4. The van der Waals surface area contributed by atoms with E-state index < -0.39 is 0 Å². The van der Waals surface area contributed by atoms with Gasteiger partial charge in [0, 0.05) is 5.92 Å². The van der Waals surface area contributed by atoms with E-state index in [0.29, 0.717) is 19.6 Å². The molecule has 1 aliphatic heterocycles. The molecule has 70 valence electrons. The predicted octanol–water partition coefficient (Wildman–Crippen LogP) is 1.36. The van der Waals surface area contributed by atoms with Gasteiger partial charge in [0.05, 0.1) is 19.6 Å². The summed E-state index contributed by atoms with van der Waals surface area (Å²) in [6.07, 6.45) is 1.03. The number of carbonyl (C=O) groups excluding carboxylic acids is 1. The number of hydrogen-bond donors (Lipinski definition) is 0. The first-order valence-corrected chi connectivity index (χ1v) is 4.50. The first-order chi connectivity index (χ1) is 5.74. The lowest BCUT2D eigenvalue weighted by molar-refractivity contribution is -0.130. The molecule has 12 heavy (non-hydrogen) atoms. The van der Waals surface area contributed by atoms with Crippen LogP contribution in [0.5, 0.6) is 0 Å². The van der Waals surface area contributed by atoms with E-state index in [1.54, 1.807) is 0 Å². The zero-order chi connectivity index (χ0) is 8.97. The fourth-order valence-corrected chi connectivity index (χ4v) is 1.12. The molecule has 0 aromatic heterocycles. The van der Waals surface area contributed by atoms with E-state index in [9.17, 15) is 4.79 Å². The highest BCUT2D eigenvalue weighted by Gasteiger charge is 2.21. The maximum absolute atomic E-state index is 11.4. The second-order valence-electron chi connectivity index (χ2n) is 3.15. The molecular weight excluding hydrogens is 156 g/mol. The third-order valence-corrected chi connectivity index (χ3v) is 2.22. The van der Waals surface area contributed by atoms with Gasteiger partial charge in [0.25, 0.3) is 0 Å². The van der Waals surface area contributed by atoms with Crippen molar-refractivity contribution in [3.8, 4) is 0 Å². The molecule has 0 N–H and O–H groups in total. The van der Waals surface area contributed by atoms with Gasteiger partial charge in [0.2, 0.25) is 0 Å². The minimum Gasteiger partial charge on any atom is -0.350 e. The van der Waals surface area contributed by atoms with Crippen LogP contribution in [-0.4, -0.2) is 25.3 Å². The number of ketones is 1. The quantitative estimate of drug-likeness (QED) is 0.642. The predicted molar refractivity (Wildman–Crippen MR) is 44.8 cm³/mol. The van der Waals surface area contributed by atoms with Crippen LogP contribution in [0.2, 0.25) is 0 Å². The van der Waals surface area contributed by atoms with Gasteiger partial charge in [-0.3, -0.25) is 4.79 Å². The molecule has 0 saturated carbocycles. The van der Waals surface area contributed by atoms with Gasteiger partial charge in [0.15, 0.2) is 6.29 Å². The number of carbonyl (C=O) groups is 1. The zero-order valence-corrected chi connectivity index (χ0v) is 7.71. The first-order valence-electron chi connectivity index (χ1n) is 4.50. The van der Waals surface area contributed by atoms with Crippen molar-refractivity contribution in [3.63, 3.8) is 0 Å². The Bertz CT molecular complexity index is 150. The van der Waals surface area contributed by atoms with Gasteiger partial charge in [-0.15, -0.1) is 0 Å². The second-order valence-corrected chi connectivity index (χ2v) is 3.15. The molecule has 1 rings (SSSR count).